The summed E-state index contributed by atoms with van der Waals surface area (Å²) in [6.45, 7) is 2.39. The molecule has 74 valence electrons. The van der Waals surface area contributed by atoms with Crippen LogP contribution in [0, 0.1) is 6.92 Å². The first-order valence-electron chi connectivity index (χ1n) is 4.99. The van der Waals surface area contributed by atoms with Gasteiger partial charge in [0.2, 0.25) is 0 Å². The second-order valence-electron chi connectivity index (χ2n) is 3.64. The number of aliphatic hydroxyl groups excluding tert-OH is 1. The molecule has 0 saturated carbocycles. The van der Waals surface area contributed by atoms with Gasteiger partial charge in [-0.2, -0.15) is 0 Å². The van der Waals surface area contributed by atoms with Crippen molar-refractivity contribution in [2.75, 3.05) is 6.61 Å². The molecule has 0 amide bonds. The van der Waals surface area contributed by atoms with Crippen LogP contribution in [-0.4, -0.2) is 16.7 Å². The molecule has 1 aromatic carbocycles. The molecule has 0 radical (unpaired) electrons. The van der Waals surface area contributed by atoms with Gasteiger partial charge in [0.25, 0.3) is 0 Å². The van der Waals surface area contributed by atoms with Crippen LogP contribution >= 0.6 is 0 Å². The van der Waals surface area contributed by atoms with E-state index in [2.05, 4.69) is 30.1 Å². The summed E-state index contributed by atoms with van der Waals surface area (Å²) in [6.07, 6.45) is 3.83. The molecule has 0 unspecified atom stereocenters. The fourth-order valence-corrected chi connectivity index (χ4v) is 1.92. The first-order valence-corrected chi connectivity index (χ1v) is 4.99. The fraction of sp³-hybridized carbons (Fsp3) is 0.333. The minimum atomic E-state index is 0.262. The molecule has 0 aliphatic rings. The van der Waals surface area contributed by atoms with Gasteiger partial charge in [-0.25, -0.2) is 0 Å². The average Bonchev–Trinajstić information content (AvgIpc) is 2.59. The van der Waals surface area contributed by atoms with E-state index >= 15 is 0 Å². The number of hydrogen-bond acceptors (Lipinski definition) is 1. The van der Waals surface area contributed by atoms with Crippen molar-refractivity contribution in [1.29, 1.82) is 0 Å². The molecule has 1 heterocycles. The Morgan fingerprint density at radius 2 is 2.21 bits per heavy atom. The Morgan fingerprint density at radius 1 is 1.36 bits per heavy atom. The molecule has 2 N–H and O–H groups in total. The van der Waals surface area contributed by atoms with Gasteiger partial charge in [-0.1, -0.05) is 12.1 Å². The van der Waals surface area contributed by atoms with E-state index in [1.807, 2.05) is 6.20 Å². The maximum Gasteiger partial charge on any atom is 0.0459 e. The van der Waals surface area contributed by atoms with Gasteiger partial charge in [-0.05, 0) is 37.0 Å². The number of aliphatic hydroxyl groups is 1. The van der Waals surface area contributed by atoms with E-state index in [-0.39, 0.29) is 6.61 Å². The monoisotopic (exact) mass is 189 g/mol. The summed E-state index contributed by atoms with van der Waals surface area (Å²) in [5, 5.41) is 10.1. The van der Waals surface area contributed by atoms with E-state index in [0.29, 0.717) is 0 Å². The molecule has 1 aromatic heterocycles. The molecule has 2 aromatic rings. The van der Waals surface area contributed by atoms with E-state index in [1.165, 1.54) is 22.0 Å². The van der Waals surface area contributed by atoms with Crippen molar-refractivity contribution in [3.8, 4) is 0 Å². The van der Waals surface area contributed by atoms with Gasteiger partial charge in [0.15, 0.2) is 0 Å². The third-order valence-electron chi connectivity index (χ3n) is 2.60. The van der Waals surface area contributed by atoms with Crippen molar-refractivity contribution in [2.45, 2.75) is 19.8 Å². The van der Waals surface area contributed by atoms with E-state index in [0.717, 1.165) is 12.8 Å². The predicted octanol–water partition coefficient (Wildman–Crippen LogP) is 2.40. The minimum absolute atomic E-state index is 0.262. The van der Waals surface area contributed by atoms with Crippen LogP contribution in [0.5, 0.6) is 0 Å². The first-order chi connectivity index (χ1) is 6.83. The van der Waals surface area contributed by atoms with Gasteiger partial charge >= 0.3 is 0 Å². The van der Waals surface area contributed by atoms with Gasteiger partial charge < -0.3 is 10.1 Å². The van der Waals surface area contributed by atoms with Crippen LogP contribution in [0.1, 0.15) is 17.5 Å². The summed E-state index contributed by atoms with van der Waals surface area (Å²) in [7, 11) is 0. The lowest BCUT2D eigenvalue weighted by Gasteiger charge is -2.00. The molecule has 2 rings (SSSR count). The zero-order valence-electron chi connectivity index (χ0n) is 8.38. The summed E-state index contributed by atoms with van der Waals surface area (Å²) >= 11 is 0. The second kappa shape index (κ2) is 3.84. The third kappa shape index (κ3) is 1.53. The van der Waals surface area contributed by atoms with E-state index in [1.54, 1.807) is 0 Å². The molecule has 0 aliphatic heterocycles. The highest BCUT2D eigenvalue weighted by Crippen LogP contribution is 2.22. The quantitative estimate of drug-likeness (QED) is 0.764. The van der Waals surface area contributed by atoms with Crippen LogP contribution in [0.2, 0.25) is 0 Å². The Balaban J connectivity index is 2.45. The summed E-state index contributed by atoms with van der Waals surface area (Å²) in [5.74, 6) is 0. The molecule has 0 fully saturated rings. The zero-order valence-corrected chi connectivity index (χ0v) is 8.38. The Bertz CT molecular complexity index is 431. The van der Waals surface area contributed by atoms with Crippen LogP contribution in [0.3, 0.4) is 0 Å². The summed E-state index contributed by atoms with van der Waals surface area (Å²) in [6, 6.07) is 6.27. The number of fused-ring (bicyclic) bond motifs is 1. The topological polar surface area (TPSA) is 36.0 Å². The Morgan fingerprint density at radius 3 is 3.00 bits per heavy atom. The van der Waals surface area contributed by atoms with Crippen molar-refractivity contribution in [1.82, 2.24) is 4.98 Å². The predicted molar refractivity (Wildman–Crippen MR) is 58.4 cm³/mol. The maximum atomic E-state index is 8.80. The zero-order chi connectivity index (χ0) is 9.97. The molecule has 0 saturated heterocycles. The van der Waals surface area contributed by atoms with Crippen LogP contribution < -0.4 is 0 Å². The SMILES string of the molecule is Cc1cccc2[nH]cc(CCCO)c12. The van der Waals surface area contributed by atoms with Gasteiger partial charge in [-0.15, -0.1) is 0 Å². The number of aryl methyl sites for hydroxylation is 2. The summed E-state index contributed by atoms with van der Waals surface area (Å²) in [4.78, 5) is 3.26. The number of benzene rings is 1. The molecular weight excluding hydrogens is 174 g/mol. The minimum Gasteiger partial charge on any atom is -0.396 e. The normalized spacial score (nSPS) is 11.0. The number of rotatable bonds is 3. The molecule has 0 atom stereocenters. The standard InChI is InChI=1S/C12H15NO/c1-9-4-2-6-11-12(9)10(8-13-11)5-3-7-14/h2,4,6,8,13-14H,3,5,7H2,1H3. The molecule has 0 aliphatic carbocycles. The molecule has 0 spiro atoms. The summed E-state index contributed by atoms with van der Waals surface area (Å²) < 4.78 is 0. The molecule has 0 bridgehead atoms. The number of nitrogens with one attached hydrogen (secondary N) is 1. The van der Waals surface area contributed by atoms with Gasteiger partial charge in [0, 0.05) is 23.7 Å². The van der Waals surface area contributed by atoms with Crippen molar-refractivity contribution >= 4 is 10.9 Å². The number of hydrogen-bond donors (Lipinski definition) is 2. The maximum absolute atomic E-state index is 8.80. The van der Waals surface area contributed by atoms with Gasteiger partial charge in [-0.3, -0.25) is 0 Å². The van der Waals surface area contributed by atoms with Crippen LogP contribution in [0.4, 0.5) is 0 Å². The fourth-order valence-electron chi connectivity index (χ4n) is 1.92. The van der Waals surface area contributed by atoms with E-state index < -0.39 is 0 Å². The Labute approximate surface area is 83.6 Å². The van der Waals surface area contributed by atoms with Crippen molar-refractivity contribution in [3.05, 3.63) is 35.5 Å². The van der Waals surface area contributed by atoms with Crippen molar-refractivity contribution in [3.63, 3.8) is 0 Å². The number of H-pyrrole nitrogens is 1. The largest absolute Gasteiger partial charge is 0.396 e. The second-order valence-corrected chi connectivity index (χ2v) is 3.64. The highest BCUT2D eigenvalue weighted by Gasteiger charge is 2.04. The van der Waals surface area contributed by atoms with E-state index in [9.17, 15) is 0 Å². The molecule has 14 heavy (non-hydrogen) atoms. The first kappa shape index (κ1) is 9.28. The van der Waals surface area contributed by atoms with E-state index in [4.69, 9.17) is 5.11 Å². The highest BCUT2D eigenvalue weighted by molar-refractivity contribution is 5.86. The van der Waals surface area contributed by atoms with Gasteiger partial charge in [0.1, 0.15) is 0 Å². The lowest BCUT2D eigenvalue weighted by molar-refractivity contribution is 0.289. The number of aromatic nitrogens is 1. The summed E-state index contributed by atoms with van der Waals surface area (Å²) in [5.41, 5.74) is 3.81. The van der Waals surface area contributed by atoms with Crippen LogP contribution in [0.15, 0.2) is 24.4 Å². The van der Waals surface area contributed by atoms with Crippen LogP contribution in [-0.2, 0) is 6.42 Å². The highest BCUT2D eigenvalue weighted by atomic mass is 16.2. The Hall–Kier alpha value is -1.28. The number of aromatic amines is 1. The third-order valence-corrected chi connectivity index (χ3v) is 2.60. The molecule has 2 heteroatoms. The Kier molecular flexibility index (Phi) is 2.55. The smallest absolute Gasteiger partial charge is 0.0459 e. The molecule has 2 nitrogen and oxygen atoms in total. The van der Waals surface area contributed by atoms with Crippen molar-refractivity contribution in [2.24, 2.45) is 0 Å². The molecular formula is C12H15NO. The lowest BCUT2D eigenvalue weighted by Crippen LogP contribution is -1.88. The van der Waals surface area contributed by atoms with Crippen LogP contribution in [0.25, 0.3) is 10.9 Å². The van der Waals surface area contributed by atoms with Gasteiger partial charge in [0.05, 0.1) is 0 Å². The van der Waals surface area contributed by atoms with Crippen molar-refractivity contribution < 1.29 is 5.11 Å². The lowest BCUT2D eigenvalue weighted by atomic mass is 10.0. The average molecular weight is 189 g/mol.